The number of sulfonamides is 1. The second kappa shape index (κ2) is 6.13. The summed E-state index contributed by atoms with van der Waals surface area (Å²) in [5.74, 6) is -0.426. The molecule has 0 atom stereocenters. The third-order valence-electron chi connectivity index (χ3n) is 3.80. The molecular weight excluding hydrogens is 320 g/mol. The largest absolute Gasteiger partial charge is 0.439 e. The summed E-state index contributed by atoms with van der Waals surface area (Å²) in [6.07, 6.45) is 0.893. The highest BCUT2D eigenvalue weighted by atomic mass is 32.2. The van der Waals surface area contributed by atoms with E-state index in [-0.39, 0.29) is 25.0 Å². The van der Waals surface area contributed by atoms with E-state index >= 15 is 0 Å². The van der Waals surface area contributed by atoms with Crippen LogP contribution in [0, 0.1) is 5.92 Å². The number of benzene rings is 1. The lowest BCUT2D eigenvalue weighted by Crippen LogP contribution is -2.53. The molecule has 8 heteroatoms. The smallest absolute Gasteiger partial charge is 0.417 e. The average Bonchev–Trinajstić information content (AvgIpc) is 2.80. The van der Waals surface area contributed by atoms with Gasteiger partial charge < -0.3 is 4.74 Å². The second-order valence-electron chi connectivity index (χ2n) is 5.50. The highest BCUT2D eigenvalue weighted by Gasteiger charge is 2.39. The lowest BCUT2D eigenvalue weighted by atomic mass is 10.0. The molecule has 2 aliphatic rings. The van der Waals surface area contributed by atoms with Crippen LogP contribution in [0.1, 0.15) is 5.56 Å². The Morgan fingerprint density at radius 3 is 2.48 bits per heavy atom. The van der Waals surface area contributed by atoms with Crippen molar-refractivity contribution >= 4 is 28.1 Å². The van der Waals surface area contributed by atoms with Crippen molar-refractivity contribution in [2.45, 2.75) is 0 Å². The zero-order valence-electron chi connectivity index (χ0n) is 12.3. The fourth-order valence-corrected chi connectivity index (χ4v) is 3.81. The van der Waals surface area contributed by atoms with Crippen molar-refractivity contribution in [2.24, 2.45) is 5.92 Å². The minimum atomic E-state index is -3.48. The molecular formula is C15H16N2O5S. The molecule has 0 spiro atoms. The van der Waals surface area contributed by atoms with Crippen molar-refractivity contribution in [1.82, 2.24) is 9.21 Å². The molecule has 0 aromatic heterocycles. The van der Waals surface area contributed by atoms with Crippen molar-refractivity contribution in [3.8, 4) is 0 Å². The van der Waals surface area contributed by atoms with Crippen molar-refractivity contribution < 1.29 is 22.7 Å². The van der Waals surface area contributed by atoms with Crippen LogP contribution >= 0.6 is 0 Å². The third kappa shape index (κ3) is 3.43. The molecule has 122 valence electrons. The molecule has 0 bridgehead atoms. The lowest BCUT2D eigenvalue weighted by molar-refractivity contribution is -0.126. The van der Waals surface area contributed by atoms with E-state index in [1.54, 1.807) is 6.08 Å². The molecule has 1 aromatic carbocycles. The number of imide groups is 1. The van der Waals surface area contributed by atoms with Gasteiger partial charge in [0.1, 0.15) is 0 Å². The third-order valence-corrected chi connectivity index (χ3v) is 5.29. The van der Waals surface area contributed by atoms with Crippen molar-refractivity contribution in [3.63, 3.8) is 0 Å². The zero-order chi connectivity index (χ0) is 16.4. The van der Waals surface area contributed by atoms with Gasteiger partial charge in [0.2, 0.25) is 10.0 Å². The minimum absolute atomic E-state index is 0.0514. The molecule has 7 nitrogen and oxygen atoms in total. The number of cyclic esters (lactones) is 1. The molecule has 2 saturated heterocycles. The summed E-state index contributed by atoms with van der Waals surface area (Å²) in [5.41, 5.74) is 0.804. The van der Waals surface area contributed by atoms with Gasteiger partial charge >= 0.3 is 6.09 Å². The zero-order valence-corrected chi connectivity index (χ0v) is 13.1. The summed E-state index contributed by atoms with van der Waals surface area (Å²) in [6, 6.07) is 9.15. The number of carbonyl (C=O) groups is 2. The summed E-state index contributed by atoms with van der Waals surface area (Å²) >= 11 is 0. The van der Waals surface area contributed by atoms with Crippen LogP contribution in [0.2, 0.25) is 0 Å². The van der Waals surface area contributed by atoms with Crippen LogP contribution in [0.4, 0.5) is 4.79 Å². The first-order valence-corrected chi connectivity index (χ1v) is 8.66. The van der Waals surface area contributed by atoms with E-state index < -0.39 is 16.1 Å². The number of rotatable bonds is 5. The van der Waals surface area contributed by atoms with Crippen LogP contribution < -0.4 is 0 Å². The standard InChI is InChI=1S/C15H16N2O5S/c18-14-11-22-15(19)17(14)10-13-8-16(9-13)23(20,21)7-6-12-4-2-1-3-5-12/h1-7,13H,8-11H2/b7-6+. The van der Waals surface area contributed by atoms with Crippen molar-refractivity contribution in [1.29, 1.82) is 0 Å². The molecule has 23 heavy (non-hydrogen) atoms. The maximum atomic E-state index is 12.2. The number of hydrogen-bond acceptors (Lipinski definition) is 5. The van der Waals surface area contributed by atoms with Gasteiger partial charge in [0, 0.05) is 31.0 Å². The highest BCUT2D eigenvalue weighted by molar-refractivity contribution is 7.92. The molecule has 0 unspecified atom stereocenters. The van der Waals surface area contributed by atoms with Crippen LogP contribution in [0.3, 0.4) is 0 Å². The molecule has 2 amide bonds. The van der Waals surface area contributed by atoms with Crippen LogP contribution in [0.25, 0.3) is 6.08 Å². The summed E-state index contributed by atoms with van der Waals surface area (Å²) in [4.78, 5) is 23.8. The Bertz CT molecular complexity index is 722. The molecule has 0 saturated carbocycles. The SMILES string of the molecule is O=C1COC(=O)N1CC1CN(S(=O)(=O)/C=C/c2ccccc2)C1. The van der Waals surface area contributed by atoms with Gasteiger partial charge in [-0.25, -0.2) is 18.1 Å². The van der Waals surface area contributed by atoms with E-state index in [4.69, 9.17) is 0 Å². The molecule has 2 aliphatic heterocycles. The van der Waals surface area contributed by atoms with Crippen LogP contribution in [-0.4, -0.2) is 55.9 Å². The Kier molecular flexibility index (Phi) is 4.18. The minimum Gasteiger partial charge on any atom is -0.439 e. The van der Waals surface area contributed by atoms with Gasteiger partial charge in [-0.1, -0.05) is 30.3 Å². The van der Waals surface area contributed by atoms with Gasteiger partial charge in [0.15, 0.2) is 6.61 Å². The van der Waals surface area contributed by atoms with E-state index in [9.17, 15) is 18.0 Å². The normalized spacial score (nSPS) is 20.1. The molecule has 2 heterocycles. The van der Waals surface area contributed by atoms with Crippen molar-refractivity contribution in [2.75, 3.05) is 26.2 Å². The Hall–Kier alpha value is -2.19. The Morgan fingerprint density at radius 1 is 1.17 bits per heavy atom. The predicted molar refractivity (Wildman–Crippen MR) is 82.5 cm³/mol. The number of amides is 2. The molecule has 3 rings (SSSR count). The van der Waals surface area contributed by atoms with E-state index in [0.717, 1.165) is 10.5 Å². The summed E-state index contributed by atoms with van der Waals surface area (Å²) in [6.45, 7) is 0.552. The predicted octanol–water partition coefficient (Wildman–Crippen LogP) is 0.898. The maximum absolute atomic E-state index is 12.2. The summed E-state index contributed by atoms with van der Waals surface area (Å²) < 4.78 is 30.3. The molecule has 2 fully saturated rings. The molecule has 1 aromatic rings. The topological polar surface area (TPSA) is 84.0 Å². The average molecular weight is 336 g/mol. The fourth-order valence-electron chi connectivity index (χ4n) is 2.48. The van der Waals surface area contributed by atoms with Crippen LogP contribution in [0.5, 0.6) is 0 Å². The Balaban J connectivity index is 1.55. The van der Waals surface area contributed by atoms with Crippen molar-refractivity contribution in [3.05, 3.63) is 41.3 Å². The van der Waals surface area contributed by atoms with Gasteiger partial charge in [0.25, 0.3) is 5.91 Å². The summed E-state index contributed by atoms with van der Waals surface area (Å²) in [7, 11) is -3.48. The van der Waals surface area contributed by atoms with E-state index in [0.29, 0.717) is 13.1 Å². The number of ether oxygens (including phenoxy) is 1. The molecule has 0 N–H and O–H groups in total. The number of nitrogens with zero attached hydrogens (tertiary/aromatic N) is 2. The number of hydrogen-bond donors (Lipinski definition) is 0. The second-order valence-corrected chi connectivity index (χ2v) is 7.32. The maximum Gasteiger partial charge on any atom is 0.417 e. The summed E-state index contributed by atoms with van der Waals surface area (Å²) in [5, 5.41) is 1.17. The first-order chi connectivity index (χ1) is 11.0. The molecule has 0 radical (unpaired) electrons. The first-order valence-electron chi connectivity index (χ1n) is 7.16. The van der Waals surface area contributed by atoms with Gasteiger partial charge in [-0.3, -0.25) is 4.79 Å². The Morgan fingerprint density at radius 2 is 1.87 bits per heavy atom. The number of carbonyl (C=O) groups excluding carboxylic acids is 2. The Labute approximate surface area is 134 Å². The highest BCUT2D eigenvalue weighted by Crippen LogP contribution is 2.23. The van der Waals surface area contributed by atoms with Gasteiger partial charge in [-0.2, -0.15) is 4.31 Å². The monoisotopic (exact) mass is 336 g/mol. The van der Waals surface area contributed by atoms with E-state index in [2.05, 4.69) is 4.74 Å². The van der Waals surface area contributed by atoms with Gasteiger partial charge in [-0.05, 0) is 11.6 Å². The molecule has 0 aliphatic carbocycles. The van der Waals surface area contributed by atoms with Crippen LogP contribution in [-0.2, 0) is 19.6 Å². The van der Waals surface area contributed by atoms with E-state index in [1.807, 2.05) is 30.3 Å². The van der Waals surface area contributed by atoms with Crippen LogP contribution in [0.15, 0.2) is 35.7 Å². The lowest BCUT2D eigenvalue weighted by Gasteiger charge is -2.38. The quantitative estimate of drug-likeness (QED) is 0.797. The van der Waals surface area contributed by atoms with Gasteiger partial charge in [-0.15, -0.1) is 0 Å². The first kappa shape index (κ1) is 15.7. The fraction of sp³-hybridized carbons (Fsp3) is 0.333. The van der Waals surface area contributed by atoms with E-state index in [1.165, 1.54) is 9.71 Å². The van der Waals surface area contributed by atoms with Gasteiger partial charge in [0.05, 0.1) is 0 Å².